The fraction of sp³-hybridized carbons (Fsp3) is 0.412. The van der Waals surface area contributed by atoms with Gasteiger partial charge in [0.05, 0.1) is 6.04 Å². The molecule has 2 heterocycles. The van der Waals surface area contributed by atoms with Gasteiger partial charge in [-0.15, -0.1) is 0 Å². The predicted octanol–water partition coefficient (Wildman–Crippen LogP) is 1.42. The second kappa shape index (κ2) is 7.43. The van der Waals surface area contributed by atoms with Crippen LogP contribution in [0.25, 0.3) is 0 Å². The number of anilines is 3. The predicted molar refractivity (Wildman–Crippen MR) is 96.2 cm³/mol. The zero-order valence-electron chi connectivity index (χ0n) is 14.5. The molecule has 3 N–H and O–H groups in total. The van der Waals surface area contributed by atoms with Gasteiger partial charge < -0.3 is 16.0 Å². The minimum Gasteiger partial charge on any atom is -0.368 e. The summed E-state index contributed by atoms with van der Waals surface area (Å²) in [5.74, 6) is 1.37. The van der Waals surface area contributed by atoms with Crippen LogP contribution in [0.5, 0.6) is 0 Å². The van der Waals surface area contributed by atoms with E-state index in [0.29, 0.717) is 11.8 Å². The molecule has 1 aliphatic rings. The molecule has 3 rings (SSSR count). The van der Waals surface area contributed by atoms with Gasteiger partial charge in [-0.3, -0.25) is 9.69 Å². The standard InChI is InChI=1S/C17H23N7O/c1-12(23-8-10-24(11-9-23)13(2)25)15-20-16(18)22-17(21-15)19-14-6-4-3-5-7-14/h3-7,12H,8-11H2,1-2H3,(H3,18,19,20,21,22)/t12-/m1/s1. The molecule has 1 saturated heterocycles. The van der Waals surface area contributed by atoms with E-state index in [1.54, 1.807) is 6.92 Å². The number of rotatable bonds is 4. The summed E-state index contributed by atoms with van der Waals surface area (Å²) < 4.78 is 0. The number of para-hydroxylation sites is 1. The molecule has 0 bridgehead atoms. The summed E-state index contributed by atoms with van der Waals surface area (Å²) in [7, 11) is 0. The van der Waals surface area contributed by atoms with E-state index in [1.807, 2.05) is 42.2 Å². The van der Waals surface area contributed by atoms with Crippen LogP contribution in [0, 0.1) is 0 Å². The van der Waals surface area contributed by atoms with Crippen LogP contribution in [-0.2, 0) is 4.79 Å². The second-order valence-corrected chi connectivity index (χ2v) is 6.08. The third-order valence-corrected chi connectivity index (χ3v) is 4.38. The Kier molecular flexibility index (Phi) is 5.08. The van der Waals surface area contributed by atoms with Crippen LogP contribution in [0.2, 0.25) is 0 Å². The number of nitrogens with one attached hydrogen (secondary N) is 1. The summed E-state index contributed by atoms with van der Waals surface area (Å²) >= 11 is 0. The van der Waals surface area contributed by atoms with E-state index in [2.05, 4.69) is 25.2 Å². The van der Waals surface area contributed by atoms with Gasteiger partial charge in [0.25, 0.3) is 0 Å². The monoisotopic (exact) mass is 341 g/mol. The molecule has 0 aliphatic carbocycles. The third-order valence-electron chi connectivity index (χ3n) is 4.38. The van der Waals surface area contributed by atoms with E-state index in [1.165, 1.54) is 0 Å². The molecular weight excluding hydrogens is 318 g/mol. The summed E-state index contributed by atoms with van der Waals surface area (Å²) in [5.41, 5.74) is 6.76. The number of nitrogens with zero attached hydrogens (tertiary/aromatic N) is 5. The van der Waals surface area contributed by atoms with Crippen molar-refractivity contribution in [2.75, 3.05) is 37.2 Å². The lowest BCUT2D eigenvalue weighted by Gasteiger charge is -2.37. The molecule has 132 valence electrons. The van der Waals surface area contributed by atoms with Gasteiger partial charge in [0, 0.05) is 38.8 Å². The van der Waals surface area contributed by atoms with E-state index in [9.17, 15) is 4.79 Å². The van der Waals surface area contributed by atoms with Crippen LogP contribution in [0.4, 0.5) is 17.6 Å². The molecule has 0 saturated carbocycles. The van der Waals surface area contributed by atoms with Gasteiger partial charge >= 0.3 is 0 Å². The third kappa shape index (κ3) is 4.21. The number of carbonyl (C=O) groups is 1. The van der Waals surface area contributed by atoms with Crippen LogP contribution < -0.4 is 11.1 Å². The molecule has 1 aliphatic heterocycles. The van der Waals surface area contributed by atoms with Crippen molar-refractivity contribution in [3.63, 3.8) is 0 Å². The van der Waals surface area contributed by atoms with Crippen molar-refractivity contribution in [3.8, 4) is 0 Å². The quantitative estimate of drug-likeness (QED) is 0.867. The highest BCUT2D eigenvalue weighted by molar-refractivity contribution is 5.73. The fourth-order valence-electron chi connectivity index (χ4n) is 2.89. The van der Waals surface area contributed by atoms with Crippen LogP contribution in [0.15, 0.2) is 30.3 Å². The molecule has 8 heteroatoms. The molecule has 1 amide bonds. The molecule has 1 atom stereocenters. The summed E-state index contributed by atoms with van der Waals surface area (Å²) in [6.07, 6.45) is 0. The van der Waals surface area contributed by atoms with Gasteiger partial charge in [-0.2, -0.15) is 15.0 Å². The molecule has 1 fully saturated rings. The molecule has 0 spiro atoms. The number of carbonyl (C=O) groups excluding carboxylic acids is 1. The first-order chi connectivity index (χ1) is 12.0. The molecule has 8 nitrogen and oxygen atoms in total. The first-order valence-corrected chi connectivity index (χ1v) is 8.36. The van der Waals surface area contributed by atoms with E-state index in [0.717, 1.165) is 31.9 Å². The van der Waals surface area contributed by atoms with Crippen LogP contribution >= 0.6 is 0 Å². The van der Waals surface area contributed by atoms with Gasteiger partial charge in [-0.1, -0.05) is 18.2 Å². The van der Waals surface area contributed by atoms with Crippen LogP contribution in [0.3, 0.4) is 0 Å². The minimum atomic E-state index is -0.00395. The molecule has 1 aromatic heterocycles. The highest BCUT2D eigenvalue weighted by Crippen LogP contribution is 2.21. The van der Waals surface area contributed by atoms with Crippen molar-refractivity contribution in [2.24, 2.45) is 0 Å². The highest BCUT2D eigenvalue weighted by atomic mass is 16.2. The minimum absolute atomic E-state index is 0.00395. The lowest BCUT2D eigenvalue weighted by molar-refractivity contribution is -0.130. The Labute approximate surface area is 147 Å². The topological polar surface area (TPSA) is 100 Å². The van der Waals surface area contributed by atoms with Crippen molar-refractivity contribution < 1.29 is 4.79 Å². The number of hydrogen-bond donors (Lipinski definition) is 2. The molecule has 0 unspecified atom stereocenters. The van der Waals surface area contributed by atoms with Crippen molar-refractivity contribution in [3.05, 3.63) is 36.2 Å². The van der Waals surface area contributed by atoms with E-state index in [-0.39, 0.29) is 17.9 Å². The second-order valence-electron chi connectivity index (χ2n) is 6.08. The number of amides is 1. The van der Waals surface area contributed by atoms with Gasteiger partial charge in [-0.25, -0.2) is 0 Å². The zero-order valence-corrected chi connectivity index (χ0v) is 14.5. The number of aromatic nitrogens is 3. The number of piperazine rings is 1. The van der Waals surface area contributed by atoms with Crippen LogP contribution in [-0.4, -0.2) is 56.8 Å². The smallest absolute Gasteiger partial charge is 0.232 e. The van der Waals surface area contributed by atoms with Gasteiger partial charge in [-0.05, 0) is 19.1 Å². The fourth-order valence-corrected chi connectivity index (χ4v) is 2.89. The maximum atomic E-state index is 11.5. The molecule has 2 aromatic rings. The Morgan fingerprint density at radius 2 is 1.80 bits per heavy atom. The van der Waals surface area contributed by atoms with E-state index in [4.69, 9.17) is 5.73 Å². The Morgan fingerprint density at radius 1 is 1.12 bits per heavy atom. The van der Waals surface area contributed by atoms with Crippen molar-refractivity contribution in [2.45, 2.75) is 19.9 Å². The molecule has 1 aromatic carbocycles. The average Bonchev–Trinajstić information content (AvgIpc) is 2.61. The van der Waals surface area contributed by atoms with Crippen molar-refractivity contribution in [1.82, 2.24) is 24.8 Å². The van der Waals surface area contributed by atoms with E-state index >= 15 is 0 Å². The first kappa shape index (κ1) is 17.1. The number of benzene rings is 1. The van der Waals surface area contributed by atoms with Crippen LogP contribution in [0.1, 0.15) is 25.7 Å². The van der Waals surface area contributed by atoms with Gasteiger partial charge in [0.2, 0.25) is 17.8 Å². The number of nitrogen functional groups attached to an aromatic ring is 1. The largest absolute Gasteiger partial charge is 0.368 e. The average molecular weight is 341 g/mol. The lowest BCUT2D eigenvalue weighted by Crippen LogP contribution is -2.48. The summed E-state index contributed by atoms with van der Waals surface area (Å²) in [5, 5.41) is 3.15. The number of hydrogen-bond acceptors (Lipinski definition) is 7. The normalized spacial score (nSPS) is 16.5. The molecule has 0 radical (unpaired) electrons. The van der Waals surface area contributed by atoms with Gasteiger partial charge in [0.15, 0.2) is 5.82 Å². The highest BCUT2D eigenvalue weighted by Gasteiger charge is 2.25. The van der Waals surface area contributed by atoms with E-state index < -0.39 is 0 Å². The maximum Gasteiger partial charge on any atom is 0.232 e. The SMILES string of the molecule is CC(=O)N1CCN([C@H](C)c2nc(N)nc(Nc3ccccc3)n2)CC1. The Balaban J connectivity index is 1.72. The van der Waals surface area contributed by atoms with Gasteiger partial charge in [0.1, 0.15) is 0 Å². The number of nitrogens with two attached hydrogens (primary N) is 1. The Morgan fingerprint density at radius 3 is 2.44 bits per heavy atom. The summed E-state index contributed by atoms with van der Waals surface area (Å²) in [6, 6.07) is 9.68. The zero-order chi connectivity index (χ0) is 17.8. The Hall–Kier alpha value is -2.74. The van der Waals surface area contributed by atoms with Crippen molar-refractivity contribution in [1.29, 1.82) is 0 Å². The lowest BCUT2D eigenvalue weighted by atomic mass is 10.2. The summed E-state index contributed by atoms with van der Waals surface area (Å²) in [4.78, 5) is 28.5. The molecular formula is C17H23N7O. The molecule has 25 heavy (non-hydrogen) atoms. The Bertz CT molecular complexity index is 729. The summed E-state index contributed by atoms with van der Waals surface area (Å²) in [6.45, 7) is 6.66. The van der Waals surface area contributed by atoms with Crippen molar-refractivity contribution >= 4 is 23.5 Å². The maximum absolute atomic E-state index is 11.5. The first-order valence-electron chi connectivity index (χ1n) is 8.36.